The predicted molar refractivity (Wildman–Crippen MR) is 55.7 cm³/mol. The van der Waals surface area contributed by atoms with Crippen molar-refractivity contribution < 1.29 is 0 Å². The highest BCUT2D eigenvalue weighted by molar-refractivity contribution is 4.98. The molecule has 1 fully saturated rings. The number of hydrogen-bond acceptors (Lipinski definition) is 3. The quantitative estimate of drug-likeness (QED) is 0.730. The molecule has 0 saturated carbocycles. The third kappa shape index (κ3) is 1.96. The number of rotatable bonds is 2. The number of aromatic nitrogens is 2. The van der Waals surface area contributed by atoms with Crippen LogP contribution in [0.2, 0.25) is 0 Å². The molecule has 4 heteroatoms. The van der Waals surface area contributed by atoms with E-state index >= 15 is 0 Å². The zero-order valence-corrected chi connectivity index (χ0v) is 8.61. The van der Waals surface area contributed by atoms with Crippen LogP contribution < -0.4 is 5.73 Å². The van der Waals surface area contributed by atoms with E-state index in [-0.39, 0.29) is 6.04 Å². The lowest BCUT2D eigenvalue weighted by Gasteiger charge is -2.32. The van der Waals surface area contributed by atoms with Crippen molar-refractivity contribution in [3.63, 3.8) is 0 Å². The normalized spacial score (nSPS) is 26.3. The number of imidazole rings is 1. The number of nitrogens with one attached hydrogen (secondary N) is 1. The van der Waals surface area contributed by atoms with Gasteiger partial charge in [0, 0.05) is 18.9 Å². The summed E-state index contributed by atoms with van der Waals surface area (Å²) in [5.41, 5.74) is 6.16. The van der Waals surface area contributed by atoms with Crippen molar-refractivity contribution in [2.75, 3.05) is 20.1 Å². The van der Waals surface area contributed by atoms with Gasteiger partial charge in [0.1, 0.15) is 5.82 Å². The van der Waals surface area contributed by atoms with Crippen LogP contribution in [0.15, 0.2) is 12.4 Å². The Kier molecular flexibility index (Phi) is 2.84. The minimum Gasteiger partial charge on any atom is -0.347 e. The summed E-state index contributed by atoms with van der Waals surface area (Å²) in [5.74, 6) is 1.46. The van der Waals surface area contributed by atoms with Crippen molar-refractivity contribution in [1.29, 1.82) is 0 Å². The molecule has 2 rings (SSSR count). The van der Waals surface area contributed by atoms with Crippen molar-refractivity contribution in [2.24, 2.45) is 11.7 Å². The second-order valence-corrected chi connectivity index (χ2v) is 4.16. The van der Waals surface area contributed by atoms with Gasteiger partial charge in [-0.2, -0.15) is 0 Å². The van der Waals surface area contributed by atoms with Gasteiger partial charge in [-0.25, -0.2) is 4.98 Å². The monoisotopic (exact) mass is 194 g/mol. The van der Waals surface area contributed by atoms with Gasteiger partial charge in [0.15, 0.2) is 0 Å². The van der Waals surface area contributed by atoms with Crippen molar-refractivity contribution in [1.82, 2.24) is 14.9 Å². The molecule has 4 nitrogen and oxygen atoms in total. The summed E-state index contributed by atoms with van der Waals surface area (Å²) in [6, 6.07) is 0.0627. The van der Waals surface area contributed by atoms with Gasteiger partial charge in [0.25, 0.3) is 0 Å². The van der Waals surface area contributed by atoms with Crippen LogP contribution in [0.4, 0.5) is 0 Å². The number of likely N-dealkylation sites (tertiary alicyclic amines) is 1. The maximum Gasteiger partial charge on any atom is 0.123 e. The van der Waals surface area contributed by atoms with E-state index in [9.17, 15) is 0 Å². The Morgan fingerprint density at radius 1 is 1.71 bits per heavy atom. The van der Waals surface area contributed by atoms with Crippen molar-refractivity contribution in [3.8, 4) is 0 Å². The first-order valence-electron chi connectivity index (χ1n) is 5.21. The molecular weight excluding hydrogens is 176 g/mol. The molecule has 2 unspecified atom stereocenters. The number of hydrogen-bond donors (Lipinski definition) is 2. The summed E-state index contributed by atoms with van der Waals surface area (Å²) in [6.45, 7) is 2.28. The summed E-state index contributed by atoms with van der Waals surface area (Å²) in [5, 5.41) is 0. The summed E-state index contributed by atoms with van der Waals surface area (Å²) < 4.78 is 0. The molecule has 1 aliphatic heterocycles. The number of piperidine rings is 1. The molecule has 0 aromatic carbocycles. The van der Waals surface area contributed by atoms with Crippen LogP contribution in [0, 0.1) is 5.92 Å². The number of nitrogens with two attached hydrogens (primary N) is 1. The first-order chi connectivity index (χ1) is 6.77. The molecule has 1 saturated heterocycles. The summed E-state index contributed by atoms with van der Waals surface area (Å²) in [4.78, 5) is 9.66. The lowest BCUT2D eigenvalue weighted by Crippen LogP contribution is -2.37. The van der Waals surface area contributed by atoms with Gasteiger partial charge in [-0.05, 0) is 32.4 Å². The molecule has 1 aromatic heterocycles. The molecule has 2 heterocycles. The first kappa shape index (κ1) is 9.68. The van der Waals surface area contributed by atoms with Gasteiger partial charge in [-0.3, -0.25) is 0 Å². The predicted octanol–water partition coefficient (Wildman–Crippen LogP) is 0.751. The van der Waals surface area contributed by atoms with Crippen molar-refractivity contribution >= 4 is 0 Å². The van der Waals surface area contributed by atoms with E-state index < -0.39 is 0 Å². The zero-order valence-electron chi connectivity index (χ0n) is 8.61. The molecule has 0 aliphatic carbocycles. The highest BCUT2D eigenvalue weighted by atomic mass is 15.1. The topological polar surface area (TPSA) is 57.9 Å². The van der Waals surface area contributed by atoms with Crippen LogP contribution in [0.1, 0.15) is 24.7 Å². The van der Waals surface area contributed by atoms with Gasteiger partial charge < -0.3 is 15.6 Å². The van der Waals surface area contributed by atoms with Crippen LogP contribution in [0.3, 0.4) is 0 Å². The highest BCUT2D eigenvalue weighted by Gasteiger charge is 2.25. The molecule has 14 heavy (non-hydrogen) atoms. The Morgan fingerprint density at radius 2 is 2.57 bits per heavy atom. The number of nitrogens with zero attached hydrogens (tertiary/aromatic N) is 2. The molecule has 0 radical (unpaired) electrons. The molecule has 2 atom stereocenters. The van der Waals surface area contributed by atoms with Gasteiger partial charge in [-0.15, -0.1) is 0 Å². The van der Waals surface area contributed by atoms with Gasteiger partial charge in [0.05, 0.1) is 6.04 Å². The largest absolute Gasteiger partial charge is 0.347 e. The lowest BCUT2D eigenvalue weighted by atomic mass is 9.91. The lowest BCUT2D eigenvalue weighted by molar-refractivity contribution is 0.185. The summed E-state index contributed by atoms with van der Waals surface area (Å²) >= 11 is 0. The highest BCUT2D eigenvalue weighted by Crippen LogP contribution is 2.25. The van der Waals surface area contributed by atoms with E-state index in [1.807, 2.05) is 6.20 Å². The standard InChI is InChI=1S/C10H18N4/c1-14-6-2-3-8(7-14)9(11)10-12-4-5-13-10/h4-5,8-9H,2-3,6-7,11H2,1H3,(H,12,13). The number of H-pyrrole nitrogens is 1. The minimum atomic E-state index is 0.0627. The second-order valence-electron chi connectivity index (χ2n) is 4.16. The van der Waals surface area contributed by atoms with Crippen LogP contribution in [-0.2, 0) is 0 Å². The molecule has 1 aliphatic rings. The minimum absolute atomic E-state index is 0.0627. The Labute approximate surface area is 84.5 Å². The maximum absolute atomic E-state index is 6.16. The molecular formula is C10H18N4. The van der Waals surface area contributed by atoms with Crippen molar-refractivity contribution in [2.45, 2.75) is 18.9 Å². The molecule has 78 valence electrons. The van der Waals surface area contributed by atoms with E-state index in [0.717, 1.165) is 12.4 Å². The Balaban J connectivity index is 2.00. The van der Waals surface area contributed by atoms with Crippen molar-refractivity contribution in [3.05, 3.63) is 18.2 Å². The smallest absolute Gasteiger partial charge is 0.123 e. The fourth-order valence-corrected chi connectivity index (χ4v) is 2.18. The average Bonchev–Trinajstić information content (AvgIpc) is 2.69. The van der Waals surface area contributed by atoms with Crippen LogP contribution in [0.5, 0.6) is 0 Å². The van der Waals surface area contributed by atoms with Gasteiger partial charge in [0.2, 0.25) is 0 Å². The van der Waals surface area contributed by atoms with Crippen LogP contribution in [-0.4, -0.2) is 35.0 Å². The van der Waals surface area contributed by atoms with Gasteiger partial charge >= 0.3 is 0 Å². The Hall–Kier alpha value is -0.870. The summed E-state index contributed by atoms with van der Waals surface area (Å²) in [6.07, 6.45) is 6.06. The van der Waals surface area contributed by atoms with E-state index in [0.29, 0.717) is 5.92 Å². The van der Waals surface area contributed by atoms with E-state index in [1.54, 1.807) is 6.20 Å². The van der Waals surface area contributed by atoms with Crippen LogP contribution >= 0.6 is 0 Å². The Morgan fingerprint density at radius 3 is 3.21 bits per heavy atom. The molecule has 0 bridgehead atoms. The van der Waals surface area contributed by atoms with Crippen LogP contribution in [0.25, 0.3) is 0 Å². The average molecular weight is 194 g/mol. The Bertz CT molecular complexity index is 270. The SMILES string of the molecule is CN1CCCC(C(N)c2ncc[nH]2)C1. The molecule has 3 N–H and O–H groups in total. The van der Waals surface area contributed by atoms with E-state index in [4.69, 9.17) is 5.73 Å². The van der Waals surface area contributed by atoms with Gasteiger partial charge in [-0.1, -0.05) is 0 Å². The third-order valence-electron chi connectivity index (χ3n) is 3.00. The molecule has 0 amide bonds. The zero-order chi connectivity index (χ0) is 9.97. The third-order valence-corrected chi connectivity index (χ3v) is 3.00. The second kappa shape index (κ2) is 4.11. The van der Waals surface area contributed by atoms with E-state index in [2.05, 4.69) is 21.9 Å². The molecule has 0 spiro atoms. The summed E-state index contributed by atoms with van der Waals surface area (Å²) in [7, 11) is 2.15. The fraction of sp³-hybridized carbons (Fsp3) is 0.700. The first-order valence-corrected chi connectivity index (χ1v) is 5.21. The fourth-order valence-electron chi connectivity index (χ4n) is 2.18. The maximum atomic E-state index is 6.16. The molecule has 1 aromatic rings. The van der Waals surface area contributed by atoms with E-state index in [1.165, 1.54) is 19.4 Å². The number of aromatic amines is 1.